The lowest BCUT2D eigenvalue weighted by molar-refractivity contribution is 0.100. The van der Waals surface area contributed by atoms with Crippen LogP contribution in [0.2, 0.25) is 5.02 Å². The molecule has 0 aliphatic heterocycles. The molecule has 0 spiro atoms. The van der Waals surface area contributed by atoms with Crippen molar-refractivity contribution < 1.29 is 18.0 Å². The zero-order valence-electron chi connectivity index (χ0n) is 17.3. The van der Waals surface area contributed by atoms with Gasteiger partial charge in [-0.1, -0.05) is 11.6 Å². The fraction of sp³-hybridized carbons (Fsp3) is 0.333. The van der Waals surface area contributed by atoms with Gasteiger partial charge in [-0.3, -0.25) is 4.79 Å². The number of halogens is 4. The van der Waals surface area contributed by atoms with Gasteiger partial charge in [0.25, 0.3) is 5.91 Å². The second-order valence-electron chi connectivity index (χ2n) is 8.07. The number of hydrogen-bond acceptors (Lipinski definition) is 3. The molecule has 0 saturated carbocycles. The molecule has 31 heavy (non-hydrogen) atoms. The smallest absolute Gasteiger partial charge is 0.280 e. The molecular formula is C21H25ClF3N5O. The highest BCUT2D eigenvalue weighted by Gasteiger charge is 2.19. The van der Waals surface area contributed by atoms with Crippen molar-refractivity contribution in [1.29, 1.82) is 0 Å². The maximum Gasteiger partial charge on any atom is 0.280 e. The lowest BCUT2D eigenvalue weighted by Crippen LogP contribution is -2.54. The Kier molecular flexibility index (Phi) is 8.05. The van der Waals surface area contributed by atoms with Crippen LogP contribution in [0.1, 0.15) is 49.2 Å². The number of carbonyl (C=O) groups excluding carboxylic acids is 1. The molecule has 2 aromatic rings. The minimum Gasteiger partial charge on any atom is -0.351 e. The van der Waals surface area contributed by atoms with E-state index in [1.54, 1.807) is 0 Å². The molecule has 2 aromatic carbocycles. The van der Waals surface area contributed by atoms with Gasteiger partial charge in [0.2, 0.25) is 5.96 Å². The van der Waals surface area contributed by atoms with Gasteiger partial charge in [-0.05, 0) is 63.1 Å². The Morgan fingerprint density at radius 3 is 2.26 bits per heavy atom. The van der Waals surface area contributed by atoms with Crippen molar-refractivity contribution in [3.05, 3.63) is 70.0 Å². The fourth-order valence-corrected chi connectivity index (χ4v) is 2.80. The van der Waals surface area contributed by atoms with E-state index in [1.165, 1.54) is 12.1 Å². The quantitative estimate of drug-likeness (QED) is 0.313. The number of rotatable bonds is 5. The molecule has 0 fully saturated rings. The Balaban J connectivity index is 2.18. The predicted octanol–water partition coefficient (Wildman–Crippen LogP) is 3.61. The van der Waals surface area contributed by atoms with E-state index in [9.17, 15) is 18.0 Å². The summed E-state index contributed by atoms with van der Waals surface area (Å²) in [4.78, 5) is 16.4. The van der Waals surface area contributed by atoms with Crippen molar-refractivity contribution in [3.8, 4) is 0 Å². The van der Waals surface area contributed by atoms with Crippen LogP contribution in [0.3, 0.4) is 0 Å². The molecule has 0 saturated heterocycles. The largest absolute Gasteiger partial charge is 0.351 e. The molecule has 0 bridgehead atoms. The molecule has 1 amide bonds. The van der Waals surface area contributed by atoms with Gasteiger partial charge in [0.1, 0.15) is 17.5 Å². The molecule has 10 heteroatoms. The first-order chi connectivity index (χ1) is 14.3. The van der Waals surface area contributed by atoms with Crippen LogP contribution in [0.25, 0.3) is 0 Å². The lowest BCUT2D eigenvalue weighted by atomic mass is 10.0. The number of guanidine groups is 1. The van der Waals surface area contributed by atoms with E-state index < -0.39 is 41.1 Å². The summed E-state index contributed by atoms with van der Waals surface area (Å²) in [6, 6.07) is 5.81. The van der Waals surface area contributed by atoms with Crippen molar-refractivity contribution in [2.75, 3.05) is 0 Å². The molecule has 0 aromatic heterocycles. The Bertz CT molecular complexity index is 958. The normalized spacial score (nSPS) is 14.2. The average molecular weight is 456 g/mol. The van der Waals surface area contributed by atoms with Gasteiger partial charge < -0.3 is 22.1 Å². The van der Waals surface area contributed by atoms with Crippen LogP contribution in [-0.2, 0) is 0 Å². The molecule has 2 atom stereocenters. The van der Waals surface area contributed by atoms with Crippen molar-refractivity contribution in [2.24, 2.45) is 16.5 Å². The number of carbonyl (C=O) groups is 1. The second kappa shape index (κ2) is 10.1. The van der Waals surface area contributed by atoms with Gasteiger partial charge in [0.15, 0.2) is 0 Å². The molecule has 0 radical (unpaired) electrons. The van der Waals surface area contributed by atoms with Gasteiger partial charge in [-0.2, -0.15) is 4.99 Å². The summed E-state index contributed by atoms with van der Waals surface area (Å²) in [6.07, 6.45) is -0.734. The molecule has 6 N–H and O–H groups in total. The minimum atomic E-state index is -0.815. The zero-order chi connectivity index (χ0) is 23.3. The topological polar surface area (TPSA) is 106 Å². The Labute approximate surface area is 183 Å². The highest BCUT2D eigenvalue weighted by molar-refractivity contribution is 6.30. The van der Waals surface area contributed by atoms with E-state index in [-0.39, 0.29) is 28.5 Å². The highest BCUT2D eigenvalue weighted by atomic mass is 35.5. The van der Waals surface area contributed by atoms with Crippen LogP contribution < -0.4 is 22.1 Å². The Morgan fingerprint density at radius 1 is 1.10 bits per heavy atom. The first kappa shape index (κ1) is 24.6. The standard InChI is InChI=1S/C21H25ClF3N5O/c1-21(2,3)30-20(29-19(31)11-4-5-15(22)16(25)8-11)28-18(27)10-17(26)12-6-13(23)9-14(24)7-12/h4-9,17-18H,10,26-27H2,1-3H3,(H2,28,29,30,31). The van der Waals surface area contributed by atoms with Crippen molar-refractivity contribution in [3.63, 3.8) is 0 Å². The maximum atomic E-state index is 13.7. The highest BCUT2D eigenvalue weighted by Crippen LogP contribution is 2.18. The van der Waals surface area contributed by atoms with Crippen molar-refractivity contribution in [2.45, 2.75) is 44.9 Å². The molecule has 2 unspecified atom stereocenters. The molecule has 6 nitrogen and oxygen atoms in total. The van der Waals surface area contributed by atoms with Crippen LogP contribution in [0.15, 0.2) is 41.4 Å². The first-order valence-corrected chi connectivity index (χ1v) is 9.82. The third-order valence-corrected chi connectivity index (χ3v) is 4.32. The number of benzene rings is 2. The summed E-state index contributed by atoms with van der Waals surface area (Å²) < 4.78 is 40.5. The van der Waals surface area contributed by atoms with Gasteiger partial charge >= 0.3 is 0 Å². The second-order valence-corrected chi connectivity index (χ2v) is 8.47. The number of nitrogens with zero attached hydrogens (tertiary/aromatic N) is 1. The molecule has 0 heterocycles. The number of nitrogens with one attached hydrogen (secondary N) is 2. The van der Waals surface area contributed by atoms with E-state index >= 15 is 0 Å². The van der Waals surface area contributed by atoms with Crippen LogP contribution in [0, 0.1) is 17.5 Å². The van der Waals surface area contributed by atoms with Crippen LogP contribution >= 0.6 is 11.6 Å². The molecule has 168 valence electrons. The first-order valence-electron chi connectivity index (χ1n) is 9.44. The van der Waals surface area contributed by atoms with Crippen LogP contribution in [-0.4, -0.2) is 23.6 Å². The number of amides is 1. The third kappa shape index (κ3) is 7.86. The van der Waals surface area contributed by atoms with Crippen LogP contribution in [0.4, 0.5) is 13.2 Å². The molecular weight excluding hydrogens is 431 g/mol. The zero-order valence-corrected chi connectivity index (χ0v) is 18.1. The molecule has 2 rings (SSSR count). The summed E-state index contributed by atoms with van der Waals surface area (Å²) >= 11 is 5.64. The average Bonchev–Trinajstić information content (AvgIpc) is 2.61. The van der Waals surface area contributed by atoms with Crippen molar-refractivity contribution >= 4 is 23.5 Å². The SMILES string of the molecule is CC(C)(C)N/C(=N/C(=O)c1ccc(Cl)c(F)c1)NC(N)CC(N)c1cc(F)cc(F)c1. The lowest BCUT2D eigenvalue weighted by Gasteiger charge is -2.27. The molecule has 0 aliphatic carbocycles. The van der Waals surface area contributed by atoms with Gasteiger partial charge in [0, 0.05) is 23.2 Å². The Hall–Kier alpha value is -2.62. The van der Waals surface area contributed by atoms with E-state index in [0.717, 1.165) is 24.3 Å². The number of nitrogens with two attached hydrogens (primary N) is 2. The predicted molar refractivity (Wildman–Crippen MR) is 115 cm³/mol. The summed E-state index contributed by atoms with van der Waals surface area (Å²) in [6.45, 7) is 5.51. The minimum absolute atomic E-state index is 0.00239. The summed E-state index contributed by atoms with van der Waals surface area (Å²) in [5.74, 6) is -2.92. The van der Waals surface area contributed by atoms with Gasteiger partial charge in [0.05, 0.1) is 11.2 Å². The summed E-state index contributed by atoms with van der Waals surface area (Å²) in [5.41, 5.74) is 11.8. The van der Waals surface area contributed by atoms with E-state index in [4.69, 9.17) is 23.1 Å². The van der Waals surface area contributed by atoms with Gasteiger partial charge in [-0.15, -0.1) is 0 Å². The fourth-order valence-electron chi connectivity index (χ4n) is 2.68. The van der Waals surface area contributed by atoms with E-state index in [1.807, 2.05) is 20.8 Å². The van der Waals surface area contributed by atoms with Gasteiger partial charge in [-0.25, -0.2) is 13.2 Å². The van der Waals surface area contributed by atoms with E-state index in [0.29, 0.717) is 0 Å². The summed E-state index contributed by atoms with van der Waals surface area (Å²) in [5, 5.41) is 5.73. The number of hydrogen-bond donors (Lipinski definition) is 4. The Morgan fingerprint density at radius 2 is 1.71 bits per heavy atom. The number of aliphatic imine (C=N–C) groups is 1. The van der Waals surface area contributed by atoms with Crippen molar-refractivity contribution in [1.82, 2.24) is 10.6 Å². The van der Waals surface area contributed by atoms with Crippen LogP contribution in [0.5, 0.6) is 0 Å². The molecule has 0 aliphatic rings. The maximum absolute atomic E-state index is 13.7. The summed E-state index contributed by atoms with van der Waals surface area (Å²) in [7, 11) is 0. The third-order valence-electron chi connectivity index (χ3n) is 4.02. The monoisotopic (exact) mass is 455 g/mol. The van der Waals surface area contributed by atoms with E-state index in [2.05, 4.69) is 15.6 Å².